The zero-order chi connectivity index (χ0) is 13.3. The normalized spacial score (nSPS) is 20.1. The van der Waals surface area contributed by atoms with Gasteiger partial charge >= 0.3 is 0 Å². The summed E-state index contributed by atoms with van der Waals surface area (Å²) in [5, 5.41) is 2.88. The van der Waals surface area contributed by atoms with Gasteiger partial charge in [-0.05, 0) is 25.0 Å². The third kappa shape index (κ3) is 2.38. The molecular formula is C14H18N2O3. The Hall–Kier alpha value is -1.75. The van der Waals surface area contributed by atoms with Crippen LogP contribution in [0.2, 0.25) is 0 Å². The van der Waals surface area contributed by atoms with E-state index >= 15 is 0 Å². The van der Waals surface area contributed by atoms with E-state index in [4.69, 9.17) is 15.2 Å². The number of carbonyl (C=O) groups excluding carboxylic acids is 1. The quantitative estimate of drug-likeness (QED) is 0.855. The molecule has 1 aliphatic heterocycles. The molecule has 0 unspecified atom stereocenters. The highest BCUT2D eigenvalue weighted by Crippen LogP contribution is 2.35. The first-order valence-corrected chi connectivity index (χ1v) is 6.67. The summed E-state index contributed by atoms with van der Waals surface area (Å²) in [7, 11) is 0. The van der Waals surface area contributed by atoms with E-state index in [-0.39, 0.29) is 12.7 Å². The number of rotatable bonds is 2. The molecule has 1 aromatic rings. The van der Waals surface area contributed by atoms with Crippen LogP contribution in [0.15, 0.2) is 18.2 Å². The molecule has 0 saturated heterocycles. The van der Waals surface area contributed by atoms with Crippen molar-refractivity contribution in [3.63, 3.8) is 0 Å². The Bertz CT molecular complexity index is 495. The van der Waals surface area contributed by atoms with Gasteiger partial charge in [0, 0.05) is 11.8 Å². The zero-order valence-corrected chi connectivity index (χ0v) is 10.8. The summed E-state index contributed by atoms with van der Waals surface area (Å²) >= 11 is 0. The lowest BCUT2D eigenvalue weighted by Crippen LogP contribution is -2.52. The van der Waals surface area contributed by atoms with Crippen molar-refractivity contribution in [3.05, 3.63) is 18.2 Å². The largest absolute Gasteiger partial charge is 0.454 e. The van der Waals surface area contributed by atoms with E-state index < -0.39 is 5.54 Å². The van der Waals surface area contributed by atoms with Gasteiger partial charge in [-0.1, -0.05) is 19.3 Å². The smallest absolute Gasteiger partial charge is 0.244 e. The lowest BCUT2D eigenvalue weighted by Gasteiger charge is -2.31. The number of ether oxygens (including phenoxy) is 2. The van der Waals surface area contributed by atoms with Crippen LogP contribution < -0.4 is 20.5 Å². The Morgan fingerprint density at radius 2 is 1.89 bits per heavy atom. The highest BCUT2D eigenvalue weighted by atomic mass is 16.7. The fourth-order valence-electron chi connectivity index (χ4n) is 2.64. The molecule has 0 radical (unpaired) electrons. The van der Waals surface area contributed by atoms with Crippen LogP contribution in [0.4, 0.5) is 5.69 Å². The molecule has 1 aromatic carbocycles. The van der Waals surface area contributed by atoms with Crippen LogP contribution in [-0.2, 0) is 4.79 Å². The van der Waals surface area contributed by atoms with E-state index in [1.165, 1.54) is 0 Å². The van der Waals surface area contributed by atoms with Crippen molar-refractivity contribution < 1.29 is 14.3 Å². The Morgan fingerprint density at radius 1 is 1.16 bits per heavy atom. The molecule has 2 aliphatic rings. The Labute approximate surface area is 112 Å². The second-order valence-electron chi connectivity index (χ2n) is 5.24. The molecule has 1 amide bonds. The van der Waals surface area contributed by atoms with Crippen molar-refractivity contribution in [2.75, 3.05) is 12.1 Å². The van der Waals surface area contributed by atoms with Gasteiger partial charge in [0.25, 0.3) is 0 Å². The molecule has 5 heteroatoms. The molecule has 1 heterocycles. The molecule has 0 atom stereocenters. The maximum Gasteiger partial charge on any atom is 0.244 e. The van der Waals surface area contributed by atoms with Gasteiger partial charge < -0.3 is 20.5 Å². The lowest BCUT2D eigenvalue weighted by atomic mass is 9.82. The first kappa shape index (κ1) is 12.3. The van der Waals surface area contributed by atoms with E-state index in [2.05, 4.69) is 5.32 Å². The minimum absolute atomic E-state index is 0.105. The molecule has 3 N–H and O–H groups in total. The summed E-state index contributed by atoms with van der Waals surface area (Å²) in [5.74, 6) is 1.26. The summed E-state index contributed by atoms with van der Waals surface area (Å²) in [4.78, 5) is 12.3. The fraction of sp³-hybridized carbons (Fsp3) is 0.500. The first-order chi connectivity index (χ1) is 9.17. The van der Waals surface area contributed by atoms with Gasteiger partial charge in [-0.15, -0.1) is 0 Å². The Morgan fingerprint density at radius 3 is 2.68 bits per heavy atom. The van der Waals surface area contributed by atoms with E-state index in [1.807, 2.05) is 0 Å². The zero-order valence-electron chi connectivity index (χ0n) is 10.8. The van der Waals surface area contributed by atoms with Crippen molar-refractivity contribution in [3.8, 4) is 11.5 Å². The molecule has 1 aliphatic carbocycles. The monoisotopic (exact) mass is 262 g/mol. The second-order valence-corrected chi connectivity index (χ2v) is 5.24. The molecule has 5 nitrogen and oxygen atoms in total. The number of carbonyl (C=O) groups is 1. The predicted molar refractivity (Wildman–Crippen MR) is 71.2 cm³/mol. The maximum atomic E-state index is 12.3. The topological polar surface area (TPSA) is 73.6 Å². The van der Waals surface area contributed by atoms with Gasteiger partial charge in [-0.3, -0.25) is 4.79 Å². The van der Waals surface area contributed by atoms with Gasteiger partial charge in [-0.2, -0.15) is 0 Å². The third-order valence-electron chi connectivity index (χ3n) is 3.83. The SMILES string of the molecule is NC1(C(=O)Nc2ccc3c(c2)OCO3)CCCCC1. The van der Waals surface area contributed by atoms with Crippen LogP contribution in [0, 0.1) is 0 Å². The van der Waals surface area contributed by atoms with Crippen molar-refractivity contribution in [1.82, 2.24) is 0 Å². The standard InChI is InChI=1S/C14H18N2O3/c15-14(6-2-1-3-7-14)13(17)16-10-4-5-11-12(8-10)19-9-18-11/h4-5,8H,1-3,6-7,9,15H2,(H,16,17). The number of benzene rings is 1. The molecule has 1 saturated carbocycles. The minimum atomic E-state index is -0.728. The van der Waals surface area contributed by atoms with Crippen molar-refractivity contribution in [2.45, 2.75) is 37.6 Å². The van der Waals surface area contributed by atoms with Crippen molar-refractivity contribution in [2.24, 2.45) is 5.73 Å². The molecule has 3 rings (SSSR count). The summed E-state index contributed by atoms with van der Waals surface area (Å²) in [5.41, 5.74) is 6.17. The molecule has 0 spiro atoms. The predicted octanol–water partition coefficient (Wildman–Crippen LogP) is 2.02. The van der Waals surface area contributed by atoms with E-state index in [1.54, 1.807) is 18.2 Å². The maximum absolute atomic E-state index is 12.3. The number of nitrogens with one attached hydrogen (secondary N) is 1. The molecule has 0 aromatic heterocycles. The van der Waals surface area contributed by atoms with Crippen LogP contribution >= 0.6 is 0 Å². The fourth-order valence-corrected chi connectivity index (χ4v) is 2.64. The Balaban J connectivity index is 1.72. The van der Waals surface area contributed by atoms with E-state index in [9.17, 15) is 4.79 Å². The van der Waals surface area contributed by atoms with Crippen LogP contribution in [0.25, 0.3) is 0 Å². The summed E-state index contributed by atoms with van der Waals surface area (Å²) < 4.78 is 10.5. The van der Waals surface area contributed by atoms with Crippen LogP contribution in [0.3, 0.4) is 0 Å². The molecule has 102 valence electrons. The first-order valence-electron chi connectivity index (χ1n) is 6.67. The van der Waals surface area contributed by atoms with Gasteiger partial charge in [0.15, 0.2) is 11.5 Å². The number of nitrogens with two attached hydrogens (primary N) is 1. The molecular weight excluding hydrogens is 244 g/mol. The average molecular weight is 262 g/mol. The molecule has 19 heavy (non-hydrogen) atoms. The second kappa shape index (κ2) is 4.74. The highest BCUT2D eigenvalue weighted by molar-refractivity contribution is 5.98. The summed E-state index contributed by atoms with van der Waals surface area (Å²) in [6, 6.07) is 5.37. The van der Waals surface area contributed by atoms with E-state index in [0.717, 1.165) is 32.1 Å². The number of hydrogen-bond donors (Lipinski definition) is 2. The van der Waals surface area contributed by atoms with Gasteiger partial charge in [-0.25, -0.2) is 0 Å². The average Bonchev–Trinajstić information content (AvgIpc) is 2.87. The third-order valence-corrected chi connectivity index (χ3v) is 3.83. The minimum Gasteiger partial charge on any atom is -0.454 e. The van der Waals surface area contributed by atoms with Crippen molar-refractivity contribution >= 4 is 11.6 Å². The lowest BCUT2D eigenvalue weighted by molar-refractivity contribution is -0.122. The van der Waals surface area contributed by atoms with Crippen molar-refractivity contribution in [1.29, 1.82) is 0 Å². The van der Waals surface area contributed by atoms with E-state index in [0.29, 0.717) is 17.2 Å². The number of anilines is 1. The number of fused-ring (bicyclic) bond motifs is 1. The summed E-state index contributed by atoms with van der Waals surface area (Å²) in [6.45, 7) is 0.230. The Kier molecular flexibility index (Phi) is 3.06. The molecule has 1 fully saturated rings. The van der Waals surface area contributed by atoms with Crippen LogP contribution in [0.5, 0.6) is 11.5 Å². The summed E-state index contributed by atoms with van der Waals surface area (Å²) in [6.07, 6.45) is 4.71. The van der Waals surface area contributed by atoms with Gasteiger partial charge in [0.1, 0.15) is 0 Å². The number of hydrogen-bond acceptors (Lipinski definition) is 4. The van der Waals surface area contributed by atoms with Crippen LogP contribution in [-0.4, -0.2) is 18.2 Å². The van der Waals surface area contributed by atoms with Gasteiger partial charge in [0.05, 0.1) is 5.54 Å². The van der Waals surface area contributed by atoms with Crippen LogP contribution in [0.1, 0.15) is 32.1 Å². The van der Waals surface area contributed by atoms with Gasteiger partial charge in [0.2, 0.25) is 12.7 Å². The molecule has 0 bridgehead atoms. The number of amides is 1. The highest BCUT2D eigenvalue weighted by Gasteiger charge is 2.35.